The Morgan fingerprint density at radius 2 is 1.86 bits per heavy atom. The molecule has 1 N–H and O–H groups in total. The smallest absolute Gasteiger partial charge is 0.374 e. The summed E-state index contributed by atoms with van der Waals surface area (Å²) in [6, 6.07) is 12.3. The van der Waals surface area contributed by atoms with Gasteiger partial charge in [-0.25, -0.2) is 0 Å². The van der Waals surface area contributed by atoms with Gasteiger partial charge in [-0.05, 0) is 17.7 Å². The molecule has 0 aliphatic carbocycles. The van der Waals surface area contributed by atoms with Gasteiger partial charge in [0.2, 0.25) is 0 Å². The predicted octanol–water partition coefficient (Wildman–Crippen LogP) is 3.12. The van der Waals surface area contributed by atoms with Gasteiger partial charge in [-0.2, -0.15) is 13.2 Å². The average Bonchev–Trinajstić information content (AvgIpc) is 3.16. The lowest BCUT2D eigenvalue weighted by Crippen LogP contribution is -2.47. The molecule has 2 heterocycles. The minimum atomic E-state index is -4.95. The summed E-state index contributed by atoms with van der Waals surface area (Å²) in [7, 11) is 0. The van der Waals surface area contributed by atoms with Crippen LogP contribution in [0.3, 0.4) is 0 Å². The molecule has 1 aromatic carbocycles. The molecule has 1 fully saturated rings. The molecule has 1 aliphatic heterocycles. The third kappa shape index (κ3) is 5.40. The summed E-state index contributed by atoms with van der Waals surface area (Å²) in [4.78, 5) is 25.2. The Labute approximate surface area is 164 Å². The normalized spacial score (nSPS) is 18.0. The maximum Gasteiger partial charge on any atom is 0.455 e. The van der Waals surface area contributed by atoms with Crippen LogP contribution in [0, 0.1) is 0 Å². The predicted molar refractivity (Wildman–Crippen MR) is 98.5 cm³/mol. The number of nitrogens with zero attached hydrogens (tertiary/aromatic N) is 1. The standard InChI is InChI=1S/C19H19F3N2O3S/c20-19(21,22)17(25)15-6-7-16(28-15)18(26)23-10-14-12-24(8-9-27-14)11-13-4-2-1-3-5-13/h1-7,14H,8-12H2,(H,23,26). The fourth-order valence-corrected chi connectivity index (χ4v) is 3.79. The van der Waals surface area contributed by atoms with Crippen LogP contribution in [0.15, 0.2) is 42.5 Å². The van der Waals surface area contributed by atoms with E-state index in [4.69, 9.17) is 4.74 Å². The number of carbonyl (C=O) groups excluding carboxylic acids is 2. The number of nitrogens with one attached hydrogen (secondary N) is 1. The second kappa shape index (κ2) is 8.85. The van der Waals surface area contributed by atoms with Crippen molar-refractivity contribution in [3.8, 4) is 0 Å². The highest BCUT2D eigenvalue weighted by Crippen LogP contribution is 2.26. The van der Waals surface area contributed by atoms with Crippen molar-refractivity contribution in [3.05, 3.63) is 57.8 Å². The second-order valence-electron chi connectivity index (χ2n) is 6.41. The van der Waals surface area contributed by atoms with Gasteiger partial charge < -0.3 is 10.1 Å². The number of morpholine rings is 1. The summed E-state index contributed by atoms with van der Waals surface area (Å²) in [6.45, 7) is 2.98. The first-order chi connectivity index (χ1) is 13.3. The molecule has 0 bridgehead atoms. The average molecular weight is 412 g/mol. The van der Waals surface area contributed by atoms with Crippen LogP contribution in [-0.4, -0.2) is 55.1 Å². The molecule has 150 valence electrons. The molecule has 0 spiro atoms. The first kappa shape index (κ1) is 20.5. The molecule has 1 aromatic heterocycles. The Morgan fingerprint density at radius 1 is 1.14 bits per heavy atom. The van der Waals surface area contributed by atoms with Gasteiger partial charge in [-0.1, -0.05) is 30.3 Å². The molecule has 5 nitrogen and oxygen atoms in total. The zero-order chi connectivity index (χ0) is 20.1. The summed E-state index contributed by atoms with van der Waals surface area (Å²) in [6.07, 6.45) is -5.16. The highest BCUT2D eigenvalue weighted by molar-refractivity contribution is 7.16. The topological polar surface area (TPSA) is 58.6 Å². The lowest BCUT2D eigenvalue weighted by molar-refractivity contribution is -0.0882. The van der Waals surface area contributed by atoms with Gasteiger partial charge in [0, 0.05) is 26.2 Å². The van der Waals surface area contributed by atoms with E-state index in [1.807, 2.05) is 30.3 Å². The van der Waals surface area contributed by atoms with E-state index in [0.29, 0.717) is 24.5 Å². The lowest BCUT2D eigenvalue weighted by Gasteiger charge is -2.33. The Bertz CT molecular complexity index is 823. The van der Waals surface area contributed by atoms with Gasteiger partial charge in [0.05, 0.1) is 22.5 Å². The molecule has 0 radical (unpaired) electrons. The molecule has 1 unspecified atom stereocenters. The quantitative estimate of drug-likeness (QED) is 0.741. The molecule has 9 heteroatoms. The van der Waals surface area contributed by atoms with Gasteiger partial charge in [-0.15, -0.1) is 11.3 Å². The van der Waals surface area contributed by atoms with Crippen molar-refractivity contribution in [2.24, 2.45) is 0 Å². The fraction of sp³-hybridized carbons (Fsp3) is 0.368. The molecule has 1 aliphatic rings. The molecule has 3 rings (SSSR count). The number of carbonyl (C=O) groups is 2. The van der Waals surface area contributed by atoms with Crippen molar-refractivity contribution in [2.75, 3.05) is 26.2 Å². The van der Waals surface area contributed by atoms with Crippen molar-refractivity contribution in [2.45, 2.75) is 18.8 Å². The van der Waals surface area contributed by atoms with E-state index in [9.17, 15) is 22.8 Å². The van der Waals surface area contributed by atoms with E-state index in [1.165, 1.54) is 11.6 Å². The van der Waals surface area contributed by atoms with Crippen LogP contribution in [0.4, 0.5) is 13.2 Å². The van der Waals surface area contributed by atoms with Crippen molar-refractivity contribution >= 4 is 23.0 Å². The van der Waals surface area contributed by atoms with Crippen LogP contribution in [0.25, 0.3) is 0 Å². The van der Waals surface area contributed by atoms with Crippen LogP contribution in [0.2, 0.25) is 0 Å². The van der Waals surface area contributed by atoms with Crippen molar-refractivity contribution in [1.82, 2.24) is 10.2 Å². The monoisotopic (exact) mass is 412 g/mol. The van der Waals surface area contributed by atoms with Gasteiger partial charge in [-0.3, -0.25) is 14.5 Å². The van der Waals surface area contributed by atoms with Crippen molar-refractivity contribution < 1.29 is 27.5 Å². The number of hydrogen-bond donors (Lipinski definition) is 1. The number of benzene rings is 1. The molecule has 28 heavy (non-hydrogen) atoms. The number of ether oxygens (including phenoxy) is 1. The Balaban J connectivity index is 1.50. The van der Waals surface area contributed by atoms with Crippen LogP contribution in [0.1, 0.15) is 24.9 Å². The third-order valence-electron chi connectivity index (χ3n) is 4.27. The maximum atomic E-state index is 12.5. The van der Waals surface area contributed by atoms with Crippen molar-refractivity contribution in [3.63, 3.8) is 0 Å². The largest absolute Gasteiger partial charge is 0.455 e. The van der Waals surface area contributed by atoms with E-state index in [0.717, 1.165) is 19.2 Å². The zero-order valence-electron chi connectivity index (χ0n) is 14.9. The summed E-state index contributed by atoms with van der Waals surface area (Å²) in [5.41, 5.74) is 1.19. The molecule has 1 atom stereocenters. The Kier molecular flexibility index (Phi) is 6.48. The van der Waals surface area contributed by atoms with E-state index in [1.54, 1.807) is 0 Å². The van der Waals surface area contributed by atoms with Gasteiger partial charge in [0.15, 0.2) is 0 Å². The molecule has 1 saturated heterocycles. The number of alkyl halides is 3. The number of rotatable bonds is 6. The van der Waals surface area contributed by atoms with Crippen molar-refractivity contribution in [1.29, 1.82) is 0 Å². The lowest BCUT2D eigenvalue weighted by atomic mass is 10.2. The van der Waals surface area contributed by atoms with Gasteiger partial charge >= 0.3 is 6.18 Å². The van der Waals surface area contributed by atoms with E-state index < -0.39 is 22.7 Å². The molecule has 0 saturated carbocycles. The number of ketones is 1. The Morgan fingerprint density at radius 3 is 2.57 bits per heavy atom. The number of hydrogen-bond acceptors (Lipinski definition) is 5. The highest BCUT2D eigenvalue weighted by atomic mass is 32.1. The summed E-state index contributed by atoms with van der Waals surface area (Å²) in [5, 5.41) is 2.67. The zero-order valence-corrected chi connectivity index (χ0v) is 15.7. The van der Waals surface area contributed by atoms with Gasteiger partial charge in [0.25, 0.3) is 11.7 Å². The minimum absolute atomic E-state index is 0.0598. The van der Waals surface area contributed by atoms with Crippen LogP contribution in [-0.2, 0) is 11.3 Å². The van der Waals surface area contributed by atoms with Gasteiger partial charge in [0.1, 0.15) is 0 Å². The molecule has 1 amide bonds. The first-order valence-electron chi connectivity index (χ1n) is 8.70. The summed E-state index contributed by atoms with van der Waals surface area (Å²) >= 11 is 0.532. The SMILES string of the molecule is O=C(NCC1CN(Cc2ccccc2)CCO1)c1ccc(C(=O)C(F)(F)F)s1. The van der Waals surface area contributed by atoms with E-state index >= 15 is 0 Å². The first-order valence-corrected chi connectivity index (χ1v) is 9.52. The molecule has 2 aromatic rings. The Hall–Kier alpha value is -2.23. The number of thiophene rings is 1. The van der Waals surface area contributed by atoms with E-state index in [2.05, 4.69) is 10.2 Å². The highest BCUT2D eigenvalue weighted by Gasteiger charge is 2.40. The van der Waals surface area contributed by atoms with E-state index in [-0.39, 0.29) is 17.5 Å². The number of amides is 1. The van der Waals surface area contributed by atoms with Crippen LogP contribution in [0.5, 0.6) is 0 Å². The molecular formula is C19H19F3N2O3S. The summed E-state index contributed by atoms with van der Waals surface area (Å²) < 4.78 is 43.1. The fourth-order valence-electron chi connectivity index (χ4n) is 2.90. The van der Waals surface area contributed by atoms with Crippen LogP contribution < -0.4 is 5.32 Å². The number of halogens is 3. The summed E-state index contributed by atoms with van der Waals surface area (Å²) in [5.74, 6) is -2.46. The minimum Gasteiger partial charge on any atom is -0.374 e. The third-order valence-corrected chi connectivity index (χ3v) is 5.36. The number of Topliss-reactive ketones (excluding diaryl/α,β-unsaturated/α-hetero) is 1. The maximum absolute atomic E-state index is 12.5. The second-order valence-corrected chi connectivity index (χ2v) is 7.50. The van der Waals surface area contributed by atoms with Crippen LogP contribution >= 0.6 is 11.3 Å². The molecular weight excluding hydrogens is 393 g/mol.